The Kier molecular flexibility index (Phi) is 4.52. The van der Waals surface area contributed by atoms with Gasteiger partial charge in [-0.25, -0.2) is 9.18 Å². The summed E-state index contributed by atoms with van der Waals surface area (Å²) < 4.78 is 18.2. The lowest BCUT2D eigenvalue weighted by Gasteiger charge is -2.08. The van der Waals surface area contributed by atoms with Crippen LogP contribution in [0.25, 0.3) is 0 Å². The van der Waals surface area contributed by atoms with Crippen molar-refractivity contribution in [2.45, 2.75) is 6.54 Å². The number of carbonyl (C=O) groups excluding carboxylic acids is 1. The molecule has 0 aliphatic rings. The first kappa shape index (κ1) is 14.5. The van der Waals surface area contributed by atoms with E-state index in [-0.39, 0.29) is 5.56 Å². The summed E-state index contributed by atoms with van der Waals surface area (Å²) in [5.74, 6) is -1.32. The summed E-state index contributed by atoms with van der Waals surface area (Å²) >= 11 is 0. The lowest BCUT2D eigenvalue weighted by molar-refractivity contribution is 0.0595. The topological polar surface area (TPSA) is 62.1 Å². The molecule has 0 atom stereocenters. The first-order chi connectivity index (χ1) is 10.1. The van der Waals surface area contributed by atoms with Gasteiger partial charge in [-0.1, -0.05) is 12.1 Å². The Bertz CT molecular complexity index is 708. The van der Waals surface area contributed by atoms with Crippen LogP contribution in [0.2, 0.25) is 0 Å². The van der Waals surface area contributed by atoms with E-state index in [1.807, 2.05) is 12.1 Å². The van der Waals surface area contributed by atoms with Gasteiger partial charge in [-0.05, 0) is 35.9 Å². The molecule has 106 valence electrons. The van der Waals surface area contributed by atoms with E-state index in [2.05, 4.69) is 10.1 Å². The number of esters is 1. The molecule has 0 fully saturated rings. The maximum Gasteiger partial charge on any atom is 0.340 e. The highest BCUT2D eigenvalue weighted by molar-refractivity contribution is 5.89. The Balaban J connectivity index is 2.08. The molecule has 4 nitrogen and oxygen atoms in total. The number of carbonyl (C=O) groups is 1. The maximum atomic E-state index is 13.8. The van der Waals surface area contributed by atoms with Crippen molar-refractivity contribution in [2.75, 3.05) is 12.4 Å². The van der Waals surface area contributed by atoms with E-state index in [4.69, 9.17) is 5.26 Å². The number of hydrogen-bond donors (Lipinski definition) is 1. The second-order valence-electron chi connectivity index (χ2n) is 4.35. The molecule has 0 heterocycles. The quantitative estimate of drug-likeness (QED) is 0.876. The predicted octanol–water partition coefficient (Wildman–Crippen LogP) is 3.10. The number of benzene rings is 2. The van der Waals surface area contributed by atoms with Gasteiger partial charge < -0.3 is 10.1 Å². The normalized spacial score (nSPS) is 9.76. The molecule has 2 rings (SSSR count). The molecule has 21 heavy (non-hydrogen) atoms. The average molecular weight is 284 g/mol. The van der Waals surface area contributed by atoms with Gasteiger partial charge in [0.1, 0.15) is 5.82 Å². The number of rotatable bonds is 4. The molecular formula is C16H13FN2O2. The average Bonchev–Trinajstić information content (AvgIpc) is 2.52. The number of nitrogens with one attached hydrogen (secondary N) is 1. The molecule has 0 bridgehead atoms. The number of anilines is 1. The monoisotopic (exact) mass is 284 g/mol. The van der Waals surface area contributed by atoms with Gasteiger partial charge in [0.15, 0.2) is 0 Å². The van der Waals surface area contributed by atoms with E-state index in [9.17, 15) is 9.18 Å². The molecule has 1 N–H and O–H groups in total. The lowest BCUT2D eigenvalue weighted by atomic mass is 10.1. The predicted molar refractivity (Wildman–Crippen MR) is 76.2 cm³/mol. The van der Waals surface area contributed by atoms with Gasteiger partial charge in [0.25, 0.3) is 0 Å². The molecule has 0 aromatic heterocycles. The van der Waals surface area contributed by atoms with E-state index >= 15 is 0 Å². The van der Waals surface area contributed by atoms with Gasteiger partial charge in [0, 0.05) is 12.2 Å². The SMILES string of the molecule is COC(=O)c1ccc(CNc2cccc(C#N)c2)cc1F. The molecular weight excluding hydrogens is 271 g/mol. The summed E-state index contributed by atoms with van der Waals surface area (Å²) in [6.07, 6.45) is 0. The Morgan fingerprint density at radius 3 is 2.81 bits per heavy atom. The zero-order valence-corrected chi connectivity index (χ0v) is 11.4. The van der Waals surface area contributed by atoms with Crippen molar-refractivity contribution < 1.29 is 13.9 Å². The fraction of sp³-hybridized carbons (Fsp3) is 0.125. The second kappa shape index (κ2) is 6.53. The van der Waals surface area contributed by atoms with Crippen molar-refractivity contribution in [3.8, 4) is 6.07 Å². The van der Waals surface area contributed by atoms with Crippen LogP contribution in [0, 0.1) is 17.1 Å². The van der Waals surface area contributed by atoms with Crippen molar-refractivity contribution in [2.24, 2.45) is 0 Å². The van der Waals surface area contributed by atoms with E-state index in [0.717, 1.165) is 5.69 Å². The van der Waals surface area contributed by atoms with Gasteiger partial charge >= 0.3 is 5.97 Å². The van der Waals surface area contributed by atoms with Crippen LogP contribution in [0.15, 0.2) is 42.5 Å². The molecule has 2 aromatic rings. The Morgan fingerprint density at radius 2 is 2.14 bits per heavy atom. The summed E-state index contributed by atoms with van der Waals surface area (Å²) in [6, 6.07) is 13.4. The fourth-order valence-corrected chi connectivity index (χ4v) is 1.85. The van der Waals surface area contributed by atoms with Crippen LogP contribution in [-0.4, -0.2) is 13.1 Å². The van der Waals surface area contributed by atoms with Crippen molar-refractivity contribution in [3.05, 3.63) is 65.0 Å². The minimum atomic E-state index is -0.700. The van der Waals surface area contributed by atoms with Crippen LogP contribution in [0.1, 0.15) is 21.5 Å². The van der Waals surface area contributed by atoms with Crippen LogP contribution in [-0.2, 0) is 11.3 Å². The van der Waals surface area contributed by atoms with Crippen molar-refractivity contribution in [1.29, 1.82) is 5.26 Å². The molecule has 0 amide bonds. The molecule has 0 aliphatic carbocycles. The molecule has 5 heteroatoms. The van der Waals surface area contributed by atoms with Crippen LogP contribution < -0.4 is 5.32 Å². The lowest BCUT2D eigenvalue weighted by Crippen LogP contribution is -2.06. The van der Waals surface area contributed by atoms with Crippen molar-refractivity contribution in [1.82, 2.24) is 0 Å². The molecule has 0 saturated heterocycles. The number of ether oxygens (including phenoxy) is 1. The first-order valence-corrected chi connectivity index (χ1v) is 6.25. The Morgan fingerprint density at radius 1 is 1.33 bits per heavy atom. The zero-order chi connectivity index (χ0) is 15.2. The summed E-state index contributed by atoms with van der Waals surface area (Å²) in [6.45, 7) is 0.382. The minimum Gasteiger partial charge on any atom is -0.465 e. The van der Waals surface area contributed by atoms with Crippen LogP contribution in [0.5, 0.6) is 0 Å². The summed E-state index contributed by atoms with van der Waals surface area (Å²) in [5, 5.41) is 11.9. The Hall–Kier alpha value is -2.87. The highest BCUT2D eigenvalue weighted by Gasteiger charge is 2.12. The molecule has 0 radical (unpaired) electrons. The number of nitriles is 1. The summed E-state index contributed by atoms with van der Waals surface area (Å²) in [7, 11) is 1.21. The number of hydrogen-bond acceptors (Lipinski definition) is 4. The van der Waals surface area contributed by atoms with E-state index in [1.54, 1.807) is 24.3 Å². The van der Waals surface area contributed by atoms with Crippen molar-refractivity contribution in [3.63, 3.8) is 0 Å². The first-order valence-electron chi connectivity index (χ1n) is 6.25. The highest BCUT2D eigenvalue weighted by Crippen LogP contribution is 2.15. The molecule has 0 aliphatic heterocycles. The molecule has 0 saturated carbocycles. The Labute approximate surface area is 121 Å². The fourth-order valence-electron chi connectivity index (χ4n) is 1.85. The van der Waals surface area contributed by atoms with Crippen LogP contribution >= 0.6 is 0 Å². The zero-order valence-electron chi connectivity index (χ0n) is 11.4. The molecule has 2 aromatic carbocycles. The number of nitrogens with zero attached hydrogens (tertiary/aromatic N) is 1. The maximum absolute atomic E-state index is 13.8. The highest BCUT2D eigenvalue weighted by atomic mass is 19.1. The second-order valence-corrected chi connectivity index (χ2v) is 4.35. The minimum absolute atomic E-state index is 0.0901. The van der Waals surface area contributed by atoms with Gasteiger partial charge in [0.2, 0.25) is 0 Å². The smallest absolute Gasteiger partial charge is 0.340 e. The van der Waals surface area contributed by atoms with Gasteiger partial charge in [0.05, 0.1) is 24.3 Å². The molecule has 0 unspecified atom stereocenters. The van der Waals surface area contributed by atoms with Crippen molar-refractivity contribution >= 4 is 11.7 Å². The van der Waals surface area contributed by atoms with Crippen LogP contribution in [0.3, 0.4) is 0 Å². The molecule has 0 spiro atoms. The van der Waals surface area contributed by atoms with Crippen LogP contribution in [0.4, 0.5) is 10.1 Å². The third-order valence-electron chi connectivity index (χ3n) is 2.93. The standard InChI is InChI=1S/C16H13FN2O2/c1-21-16(20)14-6-5-12(8-15(14)17)10-19-13-4-2-3-11(7-13)9-18/h2-8,19H,10H2,1H3. The van der Waals surface area contributed by atoms with Gasteiger partial charge in [-0.15, -0.1) is 0 Å². The van der Waals surface area contributed by atoms with E-state index in [1.165, 1.54) is 19.2 Å². The largest absolute Gasteiger partial charge is 0.465 e. The van der Waals surface area contributed by atoms with E-state index in [0.29, 0.717) is 17.7 Å². The third-order valence-corrected chi connectivity index (χ3v) is 2.93. The number of methoxy groups -OCH3 is 1. The van der Waals surface area contributed by atoms with Gasteiger partial charge in [-0.3, -0.25) is 0 Å². The third kappa shape index (κ3) is 3.57. The summed E-state index contributed by atoms with van der Waals surface area (Å²) in [4.78, 5) is 11.3. The summed E-state index contributed by atoms with van der Waals surface area (Å²) in [5.41, 5.74) is 1.91. The number of halogens is 1. The van der Waals surface area contributed by atoms with Gasteiger partial charge in [-0.2, -0.15) is 5.26 Å². The van der Waals surface area contributed by atoms with E-state index < -0.39 is 11.8 Å².